The molecule has 0 saturated heterocycles. The van der Waals surface area contributed by atoms with Crippen molar-refractivity contribution in [2.75, 3.05) is 5.32 Å². The first-order chi connectivity index (χ1) is 17.5. The maximum absolute atomic E-state index is 15.6. The van der Waals surface area contributed by atoms with E-state index in [0.717, 1.165) is 41.1 Å². The second-order valence-electron chi connectivity index (χ2n) is 11.3. The van der Waals surface area contributed by atoms with Gasteiger partial charge in [0.1, 0.15) is 11.6 Å². The van der Waals surface area contributed by atoms with Crippen LogP contribution in [0.2, 0.25) is 0 Å². The minimum Gasteiger partial charge on any atom is -0.381 e. The molecule has 1 fully saturated rings. The van der Waals surface area contributed by atoms with E-state index in [9.17, 15) is 4.79 Å². The molecule has 9 heteroatoms. The van der Waals surface area contributed by atoms with Crippen molar-refractivity contribution in [1.82, 2.24) is 28.5 Å². The number of hydrogen-bond donors (Lipinski definition) is 1. The normalized spacial score (nSPS) is 14.6. The van der Waals surface area contributed by atoms with Crippen LogP contribution in [0.3, 0.4) is 0 Å². The van der Waals surface area contributed by atoms with Gasteiger partial charge < -0.3 is 5.32 Å². The van der Waals surface area contributed by atoms with E-state index in [1.165, 1.54) is 6.42 Å². The molecule has 0 bridgehead atoms. The molecule has 0 aliphatic heterocycles. The average Bonchev–Trinajstić information content (AvgIpc) is 3.47. The molecule has 5 aromatic rings. The first-order valence-electron chi connectivity index (χ1n) is 12.7. The van der Waals surface area contributed by atoms with Crippen LogP contribution in [0.5, 0.6) is 0 Å². The maximum Gasteiger partial charge on any atom is 0.328 e. The van der Waals surface area contributed by atoms with Gasteiger partial charge in [0, 0.05) is 56.0 Å². The number of imidazole rings is 2. The van der Waals surface area contributed by atoms with Gasteiger partial charge in [0.15, 0.2) is 0 Å². The smallest absolute Gasteiger partial charge is 0.328 e. The summed E-state index contributed by atoms with van der Waals surface area (Å²) >= 11 is 0. The summed E-state index contributed by atoms with van der Waals surface area (Å²) in [4.78, 5) is 17.9. The van der Waals surface area contributed by atoms with Gasteiger partial charge in [-0.25, -0.2) is 14.2 Å². The number of nitrogens with zero attached hydrogens (tertiary/aromatic N) is 6. The fraction of sp³-hybridized carbons (Fsp3) is 0.393. The standard InChI is InChI=1S/C28H32FN7O/c1-28(2,3)26-32-21-12-19(16-14-30-33(4)15-16)20(29)13-23(21)36(26)18-10-22(31-17-8-7-9-17)25-24(11-18)34(5)27(37)35(25)6/h10-15,17,31H,7-9H2,1-6H3. The average molecular weight is 502 g/mol. The van der Waals surface area contributed by atoms with Crippen LogP contribution in [-0.2, 0) is 26.6 Å². The van der Waals surface area contributed by atoms with E-state index in [2.05, 4.69) is 37.3 Å². The van der Waals surface area contributed by atoms with Crippen LogP contribution < -0.4 is 11.0 Å². The Hall–Kier alpha value is -3.88. The number of rotatable bonds is 4. The second kappa shape index (κ2) is 8.06. The summed E-state index contributed by atoms with van der Waals surface area (Å²) in [7, 11) is 5.41. The first kappa shape index (κ1) is 23.5. The highest BCUT2D eigenvalue weighted by Crippen LogP contribution is 2.36. The number of fused-ring (bicyclic) bond motifs is 2. The number of aromatic nitrogens is 6. The number of hydrogen-bond acceptors (Lipinski definition) is 4. The molecule has 0 radical (unpaired) electrons. The molecule has 192 valence electrons. The Bertz CT molecular complexity index is 1740. The van der Waals surface area contributed by atoms with Gasteiger partial charge in [-0.15, -0.1) is 0 Å². The first-order valence-corrected chi connectivity index (χ1v) is 12.7. The van der Waals surface area contributed by atoms with Crippen LogP contribution in [0.15, 0.2) is 41.5 Å². The molecule has 37 heavy (non-hydrogen) atoms. The topological polar surface area (TPSA) is 74.6 Å². The van der Waals surface area contributed by atoms with E-state index < -0.39 is 0 Å². The zero-order valence-electron chi connectivity index (χ0n) is 22.1. The van der Waals surface area contributed by atoms with Crippen molar-refractivity contribution in [3.8, 4) is 16.8 Å². The van der Waals surface area contributed by atoms with Crippen molar-refractivity contribution >= 4 is 27.8 Å². The Kier molecular flexibility index (Phi) is 5.12. The fourth-order valence-electron chi connectivity index (χ4n) is 5.29. The van der Waals surface area contributed by atoms with E-state index in [1.54, 1.807) is 52.4 Å². The molecule has 0 spiro atoms. The minimum absolute atomic E-state index is 0.0810. The van der Waals surface area contributed by atoms with E-state index in [1.807, 2.05) is 17.7 Å². The van der Waals surface area contributed by atoms with Crippen LogP contribution in [-0.4, -0.2) is 34.5 Å². The Balaban J connectivity index is 1.64. The Morgan fingerprint density at radius 3 is 2.41 bits per heavy atom. The van der Waals surface area contributed by atoms with Gasteiger partial charge >= 0.3 is 5.69 Å². The third-order valence-corrected chi connectivity index (χ3v) is 7.50. The Morgan fingerprint density at radius 2 is 1.78 bits per heavy atom. The SMILES string of the molecule is Cn1cc(-c2cc3nc(C(C)(C)C)n(-c4cc(NC5CCC5)c5c(c4)n(C)c(=O)n5C)c3cc2F)cn1. The predicted molar refractivity (Wildman–Crippen MR) is 145 cm³/mol. The molecule has 8 nitrogen and oxygen atoms in total. The van der Waals surface area contributed by atoms with E-state index in [-0.39, 0.29) is 16.9 Å². The molecule has 6 rings (SSSR count). The molecule has 0 unspecified atom stereocenters. The van der Waals surface area contributed by atoms with Crippen LogP contribution in [0.1, 0.15) is 45.9 Å². The lowest BCUT2D eigenvalue weighted by atomic mass is 9.93. The maximum atomic E-state index is 15.6. The zero-order valence-corrected chi connectivity index (χ0v) is 22.1. The number of nitrogens with one attached hydrogen (secondary N) is 1. The molecule has 0 amide bonds. The molecular formula is C28H32FN7O. The molecule has 1 N–H and O–H groups in total. The monoisotopic (exact) mass is 501 g/mol. The molecule has 0 atom stereocenters. The quantitative estimate of drug-likeness (QED) is 0.375. The largest absolute Gasteiger partial charge is 0.381 e. The summed E-state index contributed by atoms with van der Waals surface area (Å²) in [5.74, 6) is 0.489. The number of halogens is 1. The molecule has 3 aromatic heterocycles. The molecule has 1 aliphatic rings. The lowest BCUT2D eigenvalue weighted by molar-refractivity contribution is 0.446. The van der Waals surface area contributed by atoms with Crippen LogP contribution in [0.4, 0.5) is 10.1 Å². The number of anilines is 1. The second-order valence-corrected chi connectivity index (χ2v) is 11.3. The van der Waals surface area contributed by atoms with E-state index in [4.69, 9.17) is 4.98 Å². The molecule has 1 aliphatic carbocycles. The Morgan fingerprint density at radius 1 is 1.03 bits per heavy atom. The van der Waals surface area contributed by atoms with E-state index in [0.29, 0.717) is 28.2 Å². The van der Waals surface area contributed by atoms with Crippen molar-refractivity contribution in [3.05, 3.63) is 58.8 Å². The van der Waals surface area contributed by atoms with Crippen molar-refractivity contribution in [1.29, 1.82) is 0 Å². The van der Waals surface area contributed by atoms with Crippen LogP contribution >= 0.6 is 0 Å². The van der Waals surface area contributed by atoms with Gasteiger partial charge in [-0.1, -0.05) is 20.8 Å². The summed E-state index contributed by atoms with van der Waals surface area (Å²) in [6.07, 6.45) is 6.88. The highest BCUT2D eigenvalue weighted by Gasteiger charge is 2.27. The van der Waals surface area contributed by atoms with Gasteiger partial charge in [-0.2, -0.15) is 5.10 Å². The van der Waals surface area contributed by atoms with Gasteiger partial charge in [0.05, 0.1) is 39.6 Å². The predicted octanol–water partition coefficient (Wildman–Crippen LogP) is 5.02. The van der Waals surface area contributed by atoms with Crippen molar-refractivity contribution in [2.45, 2.75) is 51.5 Å². The molecule has 3 heterocycles. The minimum atomic E-state index is -0.330. The van der Waals surface area contributed by atoms with E-state index >= 15 is 4.39 Å². The van der Waals surface area contributed by atoms with Gasteiger partial charge in [-0.3, -0.25) is 18.4 Å². The molecule has 2 aromatic carbocycles. The third-order valence-electron chi connectivity index (χ3n) is 7.50. The van der Waals surface area contributed by atoms with Crippen molar-refractivity contribution < 1.29 is 4.39 Å². The van der Waals surface area contributed by atoms with Gasteiger partial charge in [-0.05, 0) is 37.5 Å². The summed E-state index contributed by atoms with van der Waals surface area (Å²) in [6, 6.07) is 7.83. The number of aryl methyl sites for hydroxylation is 3. The van der Waals surface area contributed by atoms with Crippen LogP contribution in [0, 0.1) is 5.82 Å². The highest BCUT2D eigenvalue weighted by atomic mass is 19.1. The summed E-state index contributed by atoms with van der Waals surface area (Å²) in [6.45, 7) is 6.31. The molecule has 1 saturated carbocycles. The summed E-state index contributed by atoms with van der Waals surface area (Å²) in [5, 5.41) is 7.87. The van der Waals surface area contributed by atoms with Gasteiger partial charge in [0.25, 0.3) is 0 Å². The van der Waals surface area contributed by atoms with Crippen LogP contribution in [0.25, 0.3) is 38.9 Å². The lowest BCUT2D eigenvalue weighted by Gasteiger charge is -2.28. The summed E-state index contributed by atoms with van der Waals surface area (Å²) in [5.41, 5.74) is 5.62. The van der Waals surface area contributed by atoms with Crippen molar-refractivity contribution in [3.63, 3.8) is 0 Å². The zero-order chi connectivity index (χ0) is 26.2. The number of benzene rings is 2. The Labute approximate surface area is 214 Å². The lowest BCUT2D eigenvalue weighted by Crippen LogP contribution is -2.27. The molecular weight excluding hydrogens is 469 g/mol. The highest BCUT2D eigenvalue weighted by molar-refractivity contribution is 5.93. The van der Waals surface area contributed by atoms with Gasteiger partial charge in [0.2, 0.25) is 0 Å². The van der Waals surface area contributed by atoms with Crippen molar-refractivity contribution in [2.24, 2.45) is 21.1 Å². The summed E-state index contributed by atoms with van der Waals surface area (Å²) < 4.78 is 22.6. The fourth-order valence-corrected chi connectivity index (χ4v) is 5.29. The third kappa shape index (κ3) is 3.67.